The maximum atomic E-state index is 14.4. The van der Waals surface area contributed by atoms with Gasteiger partial charge in [0.2, 0.25) is 6.41 Å². The number of ether oxygens (including phenoxy) is 1. The molecule has 0 amide bonds. The van der Waals surface area contributed by atoms with Crippen molar-refractivity contribution < 1.29 is 18.6 Å². The molecule has 1 fully saturated rings. The Morgan fingerprint density at radius 3 is 2.48 bits per heavy atom. The number of halogens is 5. The molecule has 142 valence electrons. The first kappa shape index (κ1) is 21.2. The molecule has 0 spiro atoms. The van der Waals surface area contributed by atoms with Crippen molar-refractivity contribution >= 4 is 51.6 Å². The molecule has 1 aliphatic rings. The van der Waals surface area contributed by atoms with E-state index in [-0.39, 0.29) is 29.1 Å². The van der Waals surface area contributed by atoms with E-state index in [0.717, 1.165) is 0 Å². The lowest BCUT2D eigenvalue weighted by Crippen LogP contribution is -2.47. The van der Waals surface area contributed by atoms with E-state index in [9.17, 15) is 13.9 Å². The van der Waals surface area contributed by atoms with Crippen molar-refractivity contribution in [2.75, 3.05) is 31.1 Å². The monoisotopic (exact) mass is 510 g/mol. The van der Waals surface area contributed by atoms with Crippen molar-refractivity contribution in [2.24, 2.45) is 0 Å². The second-order valence-corrected chi connectivity index (χ2v) is 8.43. The maximum absolute atomic E-state index is 14.4. The summed E-state index contributed by atoms with van der Waals surface area (Å²) < 4.78 is 34.5. The largest absolute Gasteiger partial charge is 0.356 e. The number of rotatable bonds is 3. The molecule has 0 aliphatic carbocycles. The standard InChI is InChI=1S/C14H19Cl2F2IN4O2/c1-13(2,3)25-12(24)23-5-4-22(6-14(17,18)7-23)10-8(15)9(16)20-11(19)21-10/h12,24H,4-7H2,1-3H3. The van der Waals surface area contributed by atoms with E-state index in [1.54, 1.807) is 20.8 Å². The molecular weight excluding hydrogens is 492 g/mol. The molecule has 0 aromatic carbocycles. The Hall–Kier alpha value is -0.0700. The third-order valence-electron chi connectivity index (χ3n) is 3.35. The fourth-order valence-electron chi connectivity index (χ4n) is 2.39. The third kappa shape index (κ3) is 5.96. The van der Waals surface area contributed by atoms with Crippen LogP contribution in [0, 0.1) is 3.83 Å². The summed E-state index contributed by atoms with van der Waals surface area (Å²) in [7, 11) is 0. The molecule has 1 N–H and O–H groups in total. The topological polar surface area (TPSA) is 61.7 Å². The molecule has 0 saturated carbocycles. The Labute approximate surface area is 168 Å². The average molecular weight is 511 g/mol. The van der Waals surface area contributed by atoms with E-state index in [2.05, 4.69) is 9.97 Å². The first-order valence-electron chi connectivity index (χ1n) is 7.49. The number of hydrogen-bond acceptors (Lipinski definition) is 6. The Balaban J connectivity index is 2.23. The van der Waals surface area contributed by atoms with Crippen molar-refractivity contribution in [2.45, 2.75) is 38.7 Å². The first-order valence-corrected chi connectivity index (χ1v) is 9.33. The van der Waals surface area contributed by atoms with Crippen LogP contribution in [0.15, 0.2) is 0 Å². The highest BCUT2D eigenvalue weighted by molar-refractivity contribution is 14.1. The van der Waals surface area contributed by atoms with Crippen LogP contribution in [0.5, 0.6) is 0 Å². The van der Waals surface area contributed by atoms with Crippen LogP contribution in [-0.4, -0.2) is 64.1 Å². The van der Waals surface area contributed by atoms with Gasteiger partial charge in [-0.25, -0.2) is 23.6 Å². The van der Waals surface area contributed by atoms with Crippen LogP contribution in [0.1, 0.15) is 20.8 Å². The summed E-state index contributed by atoms with van der Waals surface area (Å²) >= 11 is 13.9. The van der Waals surface area contributed by atoms with Gasteiger partial charge in [-0.3, -0.25) is 0 Å². The number of nitrogens with zero attached hydrogens (tertiary/aromatic N) is 4. The smallest absolute Gasteiger partial charge is 0.277 e. The number of aliphatic hydroxyl groups excluding tert-OH is 1. The van der Waals surface area contributed by atoms with Gasteiger partial charge in [-0.1, -0.05) is 23.2 Å². The number of anilines is 1. The molecule has 0 radical (unpaired) electrons. The maximum Gasteiger partial charge on any atom is 0.277 e. The van der Waals surface area contributed by atoms with Crippen LogP contribution < -0.4 is 4.90 Å². The lowest BCUT2D eigenvalue weighted by molar-refractivity contribution is -0.247. The number of alkyl halides is 2. The highest BCUT2D eigenvalue weighted by Crippen LogP contribution is 2.33. The van der Waals surface area contributed by atoms with Gasteiger partial charge in [-0.15, -0.1) is 0 Å². The molecule has 1 aromatic rings. The van der Waals surface area contributed by atoms with E-state index in [1.807, 2.05) is 22.6 Å². The van der Waals surface area contributed by atoms with Crippen LogP contribution in [0.4, 0.5) is 14.6 Å². The number of aromatic nitrogens is 2. The van der Waals surface area contributed by atoms with Gasteiger partial charge in [0.15, 0.2) is 14.8 Å². The minimum absolute atomic E-state index is 0.0107. The fourth-order valence-corrected chi connectivity index (χ4v) is 3.37. The second kappa shape index (κ2) is 7.89. The lowest BCUT2D eigenvalue weighted by Gasteiger charge is -2.32. The average Bonchev–Trinajstić information content (AvgIpc) is 2.59. The quantitative estimate of drug-likeness (QED) is 0.291. The Bertz CT molecular complexity index is 634. The van der Waals surface area contributed by atoms with Gasteiger partial charge in [0.1, 0.15) is 5.02 Å². The molecule has 1 saturated heterocycles. The molecule has 0 bridgehead atoms. The molecule has 6 nitrogen and oxygen atoms in total. The summed E-state index contributed by atoms with van der Waals surface area (Å²) in [6.07, 6.45) is -1.43. The summed E-state index contributed by atoms with van der Waals surface area (Å²) in [6.45, 7) is 4.28. The summed E-state index contributed by atoms with van der Waals surface area (Å²) in [5.74, 6) is -2.95. The molecule has 1 aromatic heterocycles. The van der Waals surface area contributed by atoms with Crippen molar-refractivity contribution in [3.05, 3.63) is 14.0 Å². The Morgan fingerprint density at radius 2 is 1.88 bits per heavy atom. The van der Waals surface area contributed by atoms with E-state index in [0.29, 0.717) is 3.83 Å². The van der Waals surface area contributed by atoms with Gasteiger partial charge in [-0.05, 0) is 20.8 Å². The Kier molecular flexibility index (Phi) is 6.70. The molecule has 1 aliphatic heterocycles. The van der Waals surface area contributed by atoms with Gasteiger partial charge in [0, 0.05) is 35.7 Å². The van der Waals surface area contributed by atoms with Crippen molar-refractivity contribution in [3.63, 3.8) is 0 Å². The number of hydrogen-bond donors (Lipinski definition) is 1. The van der Waals surface area contributed by atoms with E-state index in [1.165, 1.54) is 9.80 Å². The summed E-state index contributed by atoms with van der Waals surface area (Å²) in [6, 6.07) is 0. The SMILES string of the molecule is CC(C)(C)OC(O)N1CCN(c2nc(I)nc(Cl)c2Cl)CC(F)(F)C1. The van der Waals surface area contributed by atoms with Crippen LogP contribution >= 0.6 is 45.8 Å². The third-order valence-corrected chi connectivity index (χ3v) is 4.55. The summed E-state index contributed by atoms with van der Waals surface area (Å²) in [5, 5.41) is 10.2. The summed E-state index contributed by atoms with van der Waals surface area (Å²) in [4.78, 5) is 10.6. The first-order chi connectivity index (χ1) is 11.4. The predicted molar refractivity (Wildman–Crippen MR) is 100 cm³/mol. The zero-order valence-electron chi connectivity index (χ0n) is 13.9. The molecule has 11 heteroatoms. The van der Waals surface area contributed by atoms with E-state index < -0.39 is 31.0 Å². The van der Waals surface area contributed by atoms with Gasteiger partial charge >= 0.3 is 0 Å². The highest BCUT2D eigenvalue weighted by Gasteiger charge is 2.41. The van der Waals surface area contributed by atoms with E-state index in [4.69, 9.17) is 27.9 Å². The Morgan fingerprint density at radius 1 is 1.24 bits per heavy atom. The summed E-state index contributed by atoms with van der Waals surface area (Å²) in [5.41, 5.74) is -0.666. The lowest BCUT2D eigenvalue weighted by atomic mass is 10.2. The van der Waals surface area contributed by atoms with Gasteiger partial charge in [0.05, 0.1) is 18.7 Å². The molecule has 2 rings (SSSR count). The predicted octanol–water partition coefficient (Wildman–Crippen LogP) is 3.24. The van der Waals surface area contributed by atoms with Crippen LogP contribution in [0.25, 0.3) is 0 Å². The zero-order valence-corrected chi connectivity index (χ0v) is 17.6. The molecule has 1 atom stereocenters. The van der Waals surface area contributed by atoms with Crippen LogP contribution in [0.2, 0.25) is 10.2 Å². The van der Waals surface area contributed by atoms with Crippen LogP contribution in [-0.2, 0) is 4.74 Å². The normalized spacial score (nSPS) is 20.4. The highest BCUT2D eigenvalue weighted by atomic mass is 127. The second-order valence-electron chi connectivity index (χ2n) is 6.73. The van der Waals surface area contributed by atoms with Gasteiger partial charge in [-0.2, -0.15) is 0 Å². The molecule has 25 heavy (non-hydrogen) atoms. The van der Waals surface area contributed by atoms with Gasteiger partial charge < -0.3 is 14.7 Å². The van der Waals surface area contributed by atoms with Crippen LogP contribution in [0.3, 0.4) is 0 Å². The zero-order chi connectivity index (χ0) is 19.0. The molecule has 1 unspecified atom stereocenters. The van der Waals surface area contributed by atoms with Crippen molar-refractivity contribution in [1.82, 2.24) is 14.9 Å². The van der Waals surface area contributed by atoms with Crippen molar-refractivity contribution in [3.8, 4) is 0 Å². The van der Waals surface area contributed by atoms with Crippen molar-refractivity contribution in [1.29, 1.82) is 0 Å². The fraction of sp³-hybridized carbons (Fsp3) is 0.714. The number of aliphatic hydroxyl groups is 1. The molecule has 2 heterocycles. The minimum atomic E-state index is -3.11. The van der Waals surface area contributed by atoms with E-state index >= 15 is 0 Å². The minimum Gasteiger partial charge on any atom is -0.356 e. The van der Waals surface area contributed by atoms with Gasteiger partial charge in [0.25, 0.3) is 5.92 Å². The molecular formula is C14H19Cl2F2IN4O2.